The number of aromatic amines is 1. The molecule has 0 unspecified atom stereocenters. The summed E-state index contributed by atoms with van der Waals surface area (Å²) in [4.78, 5) is 11.5. The van der Waals surface area contributed by atoms with Crippen molar-refractivity contribution in [3.63, 3.8) is 0 Å². The number of nitrogens with zero attached hydrogens (tertiary/aromatic N) is 1. The van der Waals surface area contributed by atoms with Crippen molar-refractivity contribution in [2.45, 2.75) is 13.2 Å². The fourth-order valence-electron chi connectivity index (χ4n) is 1.86. The highest BCUT2D eigenvalue weighted by atomic mass is 19.1. The van der Waals surface area contributed by atoms with Gasteiger partial charge in [0, 0.05) is 0 Å². The number of rotatable bonds is 1. The fraction of sp³-hybridized carbons (Fsp3) is 0.182. The lowest BCUT2D eigenvalue weighted by molar-refractivity contribution is 0.130. The summed E-state index contributed by atoms with van der Waals surface area (Å²) in [7, 11) is 0. The Morgan fingerprint density at radius 3 is 2.75 bits per heavy atom. The second-order valence-corrected chi connectivity index (χ2v) is 3.67. The quantitative estimate of drug-likeness (QED) is 0.788. The van der Waals surface area contributed by atoms with Crippen LogP contribution in [0, 0.1) is 5.82 Å². The number of halogens is 1. The smallest absolute Gasteiger partial charge is 0.270 e. The first-order chi connectivity index (χ1) is 7.75. The van der Waals surface area contributed by atoms with Gasteiger partial charge in [0.05, 0.1) is 30.2 Å². The summed E-state index contributed by atoms with van der Waals surface area (Å²) in [5.41, 5.74) is 2.06. The first-order valence-corrected chi connectivity index (χ1v) is 4.92. The van der Waals surface area contributed by atoms with Crippen LogP contribution in [-0.2, 0) is 18.0 Å². The lowest BCUT2D eigenvalue weighted by atomic mass is 10.2. The van der Waals surface area contributed by atoms with Gasteiger partial charge in [0.2, 0.25) is 0 Å². The molecule has 0 radical (unpaired) electrons. The maximum absolute atomic E-state index is 12.8. The Balaban J connectivity index is 2.17. The lowest BCUT2D eigenvalue weighted by Crippen LogP contribution is -2.08. The van der Waals surface area contributed by atoms with Crippen LogP contribution in [0.25, 0.3) is 5.69 Å². The van der Waals surface area contributed by atoms with Crippen molar-refractivity contribution >= 4 is 0 Å². The van der Waals surface area contributed by atoms with Crippen molar-refractivity contribution in [2.24, 2.45) is 0 Å². The van der Waals surface area contributed by atoms with E-state index in [0.29, 0.717) is 18.8 Å². The molecule has 0 saturated carbocycles. The Bertz CT molecular complexity index is 583. The van der Waals surface area contributed by atoms with Crippen molar-refractivity contribution in [3.8, 4) is 5.69 Å². The summed E-state index contributed by atoms with van der Waals surface area (Å²) in [6.45, 7) is 0.754. The van der Waals surface area contributed by atoms with Crippen LogP contribution in [0.3, 0.4) is 0 Å². The van der Waals surface area contributed by atoms with E-state index in [4.69, 9.17) is 4.74 Å². The highest BCUT2D eigenvalue weighted by Gasteiger charge is 2.21. The van der Waals surface area contributed by atoms with Crippen molar-refractivity contribution in [1.82, 2.24) is 9.78 Å². The number of benzene rings is 1. The molecule has 0 amide bonds. The minimum absolute atomic E-state index is 0.142. The zero-order valence-corrected chi connectivity index (χ0v) is 8.37. The molecule has 0 spiro atoms. The van der Waals surface area contributed by atoms with Crippen LogP contribution in [0.4, 0.5) is 4.39 Å². The van der Waals surface area contributed by atoms with Gasteiger partial charge in [-0.3, -0.25) is 14.6 Å². The van der Waals surface area contributed by atoms with Gasteiger partial charge in [0.25, 0.3) is 5.56 Å². The molecule has 0 saturated heterocycles. The molecule has 1 N–H and O–H groups in total. The van der Waals surface area contributed by atoms with Crippen LogP contribution >= 0.6 is 0 Å². The second kappa shape index (κ2) is 3.31. The number of hydrogen-bond donors (Lipinski definition) is 1. The molecule has 2 heterocycles. The monoisotopic (exact) mass is 220 g/mol. The third-order valence-electron chi connectivity index (χ3n) is 2.68. The molecular weight excluding hydrogens is 211 g/mol. The Hall–Kier alpha value is -1.88. The predicted molar refractivity (Wildman–Crippen MR) is 54.8 cm³/mol. The third-order valence-corrected chi connectivity index (χ3v) is 2.68. The van der Waals surface area contributed by atoms with Crippen LogP contribution in [-0.4, -0.2) is 9.78 Å². The molecule has 1 aliphatic heterocycles. The molecule has 2 aromatic rings. The molecule has 0 atom stereocenters. The SMILES string of the molecule is O=c1[nH]n(-c2ccc(F)cc2)c2c1COC2. The topological polar surface area (TPSA) is 47.0 Å². The molecule has 0 aliphatic carbocycles. The van der Waals surface area contributed by atoms with E-state index in [1.54, 1.807) is 16.8 Å². The highest BCUT2D eigenvalue weighted by molar-refractivity contribution is 5.35. The van der Waals surface area contributed by atoms with E-state index in [1.807, 2.05) is 0 Å². The van der Waals surface area contributed by atoms with Gasteiger partial charge in [-0.15, -0.1) is 0 Å². The summed E-state index contributed by atoms with van der Waals surface area (Å²) in [6, 6.07) is 5.94. The Morgan fingerprint density at radius 1 is 1.25 bits per heavy atom. The largest absolute Gasteiger partial charge is 0.370 e. The predicted octanol–water partition coefficient (Wildman–Crippen LogP) is 1.33. The fourth-order valence-corrected chi connectivity index (χ4v) is 1.86. The van der Waals surface area contributed by atoms with Crippen molar-refractivity contribution in [3.05, 3.63) is 51.7 Å². The average molecular weight is 220 g/mol. The number of ether oxygens (including phenoxy) is 1. The second-order valence-electron chi connectivity index (χ2n) is 3.67. The molecule has 16 heavy (non-hydrogen) atoms. The van der Waals surface area contributed by atoms with Crippen molar-refractivity contribution < 1.29 is 9.13 Å². The summed E-state index contributed by atoms with van der Waals surface area (Å²) in [6.07, 6.45) is 0. The van der Waals surface area contributed by atoms with E-state index in [0.717, 1.165) is 11.4 Å². The summed E-state index contributed by atoms with van der Waals surface area (Å²) in [5.74, 6) is -0.300. The van der Waals surface area contributed by atoms with E-state index < -0.39 is 0 Å². The van der Waals surface area contributed by atoms with Crippen molar-refractivity contribution in [1.29, 1.82) is 0 Å². The average Bonchev–Trinajstić information content (AvgIpc) is 2.84. The van der Waals surface area contributed by atoms with Crippen LogP contribution in [0.1, 0.15) is 11.3 Å². The van der Waals surface area contributed by atoms with Crippen LogP contribution in [0.2, 0.25) is 0 Å². The van der Waals surface area contributed by atoms with Crippen molar-refractivity contribution in [2.75, 3.05) is 0 Å². The number of fused-ring (bicyclic) bond motifs is 1. The van der Waals surface area contributed by atoms with Gasteiger partial charge in [-0.05, 0) is 24.3 Å². The van der Waals surface area contributed by atoms with Gasteiger partial charge in [0.1, 0.15) is 5.82 Å². The number of nitrogens with one attached hydrogen (secondary N) is 1. The lowest BCUT2D eigenvalue weighted by Gasteiger charge is -2.05. The van der Waals surface area contributed by atoms with Gasteiger partial charge in [-0.2, -0.15) is 0 Å². The molecule has 82 valence electrons. The Morgan fingerprint density at radius 2 is 2.00 bits per heavy atom. The summed E-state index contributed by atoms with van der Waals surface area (Å²) >= 11 is 0. The first-order valence-electron chi connectivity index (χ1n) is 4.92. The van der Waals surface area contributed by atoms with E-state index in [1.165, 1.54) is 12.1 Å². The van der Waals surface area contributed by atoms with Gasteiger partial charge in [0.15, 0.2) is 0 Å². The van der Waals surface area contributed by atoms with Gasteiger partial charge in [-0.25, -0.2) is 4.39 Å². The van der Waals surface area contributed by atoms with E-state index >= 15 is 0 Å². The maximum Gasteiger partial charge on any atom is 0.270 e. The molecule has 0 bridgehead atoms. The normalized spacial score (nSPS) is 14.1. The van der Waals surface area contributed by atoms with E-state index in [9.17, 15) is 9.18 Å². The molecule has 5 heteroatoms. The highest BCUT2D eigenvalue weighted by Crippen LogP contribution is 2.19. The molecular formula is C11H9FN2O2. The molecule has 0 fully saturated rings. The van der Waals surface area contributed by atoms with E-state index in [2.05, 4.69) is 5.10 Å². The van der Waals surface area contributed by atoms with Crippen LogP contribution < -0.4 is 5.56 Å². The minimum Gasteiger partial charge on any atom is -0.370 e. The standard InChI is InChI=1S/C11H9FN2O2/c12-7-1-3-8(4-2-7)14-10-6-16-5-9(10)11(15)13-14/h1-4H,5-6H2,(H,13,15). The summed E-state index contributed by atoms with van der Waals surface area (Å²) in [5, 5.41) is 2.71. The molecule has 1 aromatic carbocycles. The first kappa shape index (κ1) is 9.35. The van der Waals surface area contributed by atoms with Gasteiger partial charge in [-0.1, -0.05) is 0 Å². The summed E-state index contributed by atoms with van der Waals surface area (Å²) < 4.78 is 19.6. The molecule has 3 rings (SSSR count). The minimum atomic E-state index is -0.300. The van der Waals surface area contributed by atoms with E-state index in [-0.39, 0.29) is 11.4 Å². The molecule has 1 aromatic heterocycles. The van der Waals surface area contributed by atoms with Gasteiger partial charge < -0.3 is 4.74 Å². The number of aromatic nitrogens is 2. The Labute approximate surface area is 90.3 Å². The number of H-pyrrole nitrogens is 1. The van der Waals surface area contributed by atoms with Gasteiger partial charge >= 0.3 is 0 Å². The third kappa shape index (κ3) is 1.29. The Kier molecular flexibility index (Phi) is 1.94. The molecule has 1 aliphatic rings. The number of hydrogen-bond acceptors (Lipinski definition) is 2. The zero-order valence-electron chi connectivity index (χ0n) is 8.37. The molecule has 4 nitrogen and oxygen atoms in total. The maximum atomic E-state index is 12.8. The zero-order chi connectivity index (χ0) is 11.1. The van der Waals surface area contributed by atoms with Crippen LogP contribution in [0.5, 0.6) is 0 Å². The van der Waals surface area contributed by atoms with Crippen LogP contribution in [0.15, 0.2) is 29.1 Å².